The molecule has 1 aliphatic heterocycles. The molecule has 0 radical (unpaired) electrons. The summed E-state index contributed by atoms with van der Waals surface area (Å²) in [6, 6.07) is 11.6. The zero-order valence-electron chi connectivity index (χ0n) is 19.3. The number of likely N-dealkylation sites (tertiary alicyclic amines) is 1. The number of aliphatic hydroxyl groups is 1. The molecule has 1 atom stereocenters. The molecule has 1 N–H and O–H groups in total. The van der Waals surface area contributed by atoms with E-state index >= 15 is 0 Å². The Kier molecular flexibility index (Phi) is 8.15. The second-order valence-corrected chi connectivity index (χ2v) is 8.79. The van der Waals surface area contributed by atoms with Crippen LogP contribution in [-0.2, 0) is 9.59 Å². The lowest BCUT2D eigenvalue weighted by Gasteiger charge is -2.27. The van der Waals surface area contributed by atoms with Crippen molar-refractivity contribution in [1.82, 2.24) is 9.80 Å². The van der Waals surface area contributed by atoms with Gasteiger partial charge >= 0.3 is 0 Å². The van der Waals surface area contributed by atoms with Crippen LogP contribution in [0, 0.1) is 0 Å². The van der Waals surface area contributed by atoms with Crippen LogP contribution in [0.5, 0.6) is 11.5 Å². The number of rotatable bonds is 9. The van der Waals surface area contributed by atoms with Crippen LogP contribution >= 0.6 is 15.9 Å². The molecule has 1 aliphatic rings. The Bertz CT molecular complexity index is 1050. The molecule has 1 heterocycles. The van der Waals surface area contributed by atoms with Gasteiger partial charge < -0.3 is 24.4 Å². The minimum atomic E-state index is -0.747. The third-order valence-corrected chi connectivity index (χ3v) is 5.86. The first-order valence-electron chi connectivity index (χ1n) is 10.9. The molecule has 3 rings (SSSR count). The van der Waals surface area contributed by atoms with Crippen LogP contribution in [0.15, 0.2) is 52.5 Å². The summed E-state index contributed by atoms with van der Waals surface area (Å²) in [4.78, 5) is 29.6. The van der Waals surface area contributed by atoms with Gasteiger partial charge in [-0.15, -0.1) is 0 Å². The summed E-state index contributed by atoms with van der Waals surface area (Å²) >= 11 is 3.38. The molecule has 7 nitrogen and oxygen atoms in total. The van der Waals surface area contributed by atoms with E-state index in [4.69, 9.17) is 9.47 Å². The van der Waals surface area contributed by atoms with E-state index < -0.39 is 17.7 Å². The van der Waals surface area contributed by atoms with Crippen LogP contribution in [0.4, 0.5) is 0 Å². The molecule has 176 valence electrons. The molecular formula is C25H29BrN2O5. The van der Waals surface area contributed by atoms with Crippen molar-refractivity contribution >= 4 is 33.4 Å². The summed E-state index contributed by atoms with van der Waals surface area (Å²) in [5.41, 5.74) is 1.19. The fourth-order valence-electron chi connectivity index (χ4n) is 3.77. The summed E-state index contributed by atoms with van der Waals surface area (Å²) < 4.78 is 12.3. The second kappa shape index (κ2) is 10.9. The lowest BCUT2D eigenvalue weighted by Crippen LogP contribution is -2.35. The molecule has 0 spiro atoms. The molecule has 0 aromatic heterocycles. The normalized spacial score (nSPS) is 17.6. The minimum absolute atomic E-state index is 0.0627. The fraction of sp³-hybridized carbons (Fsp3) is 0.360. The van der Waals surface area contributed by atoms with Gasteiger partial charge in [-0.3, -0.25) is 9.59 Å². The number of hydrogen-bond donors (Lipinski definition) is 1. The standard InChI is InChI=1S/C25H29BrN2O5/c1-5-32-19-12-9-17(15-20(19)33-6-2)22-21(23(29)16-7-10-18(26)11-8-16)24(30)25(31)28(22)14-13-27(3)4/h7-12,15,22,29H,5-6,13-14H2,1-4H3/t22-/m0/s1. The third-order valence-electron chi connectivity index (χ3n) is 5.33. The Morgan fingerprint density at radius 2 is 1.67 bits per heavy atom. The lowest BCUT2D eigenvalue weighted by molar-refractivity contribution is -0.140. The maximum absolute atomic E-state index is 13.1. The van der Waals surface area contributed by atoms with Crippen molar-refractivity contribution in [2.75, 3.05) is 40.4 Å². The van der Waals surface area contributed by atoms with Crippen LogP contribution in [0.2, 0.25) is 0 Å². The molecule has 0 unspecified atom stereocenters. The molecule has 2 aromatic carbocycles. The number of carbonyl (C=O) groups excluding carboxylic acids is 2. The van der Waals surface area contributed by atoms with Gasteiger partial charge in [-0.05, 0) is 57.8 Å². The van der Waals surface area contributed by atoms with Crippen LogP contribution in [0.1, 0.15) is 31.0 Å². The fourth-order valence-corrected chi connectivity index (χ4v) is 4.03. The number of aliphatic hydroxyl groups excluding tert-OH is 1. The Hall–Kier alpha value is -2.84. The number of ketones is 1. The van der Waals surface area contributed by atoms with E-state index in [2.05, 4.69) is 15.9 Å². The first kappa shape index (κ1) is 24.8. The topological polar surface area (TPSA) is 79.3 Å². The maximum atomic E-state index is 13.1. The Morgan fingerprint density at radius 1 is 1.03 bits per heavy atom. The van der Waals surface area contributed by atoms with Crippen LogP contribution in [-0.4, -0.2) is 67.0 Å². The van der Waals surface area contributed by atoms with Gasteiger partial charge in [0, 0.05) is 23.1 Å². The number of hydrogen-bond acceptors (Lipinski definition) is 6. The summed E-state index contributed by atoms with van der Waals surface area (Å²) in [6.07, 6.45) is 0. The Morgan fingerprint density at radius 3 is 2.27 bits per heavy atom. The molecule has 1 amide bonds. The summed E-state index contributed by atoms with van der Waals surface area (Å²) in [7, 11) is 3.80. The van der Waals surface area contributed by atoms with E-state index in [1.165, 1.54) is 4.90 Å². The number of ether oxygens (including phenoxy) is 2. The summed E-state index contributed by atoms with van der Waals surface area (Å²) in [5.74, 6) is -0.427. The van der Waals surface area contributed by atoms with Crippen molar-refractivity contribution in [3.8, 4) is 11.5 Å². The smallest absolute Gasteiger partial charge is 0.295 e. The molecule has 2 aromatic rings. The monoisotopic (exact) mass is 516 g/mol. The van der Waals surface area contributed by atoms with Crippen molar-refractivity contribution in [2.24, 2.45) is 0 Å². The van der Waals surface area contributed by atoms with Gasteiger partial charge in [0.05, 0.1) is 24.8 Å². The van der Waals surface area contributed by atoms with E-state index in [-0.39, 0.29) is 11.3 Å². The van der Waals surface area contributed by atoms with Gasteiger partial charge in [0.2, 0.25) is 0 Å². The second-order valence-electron chi connectivity index (χ2n) is 7.87. The van der Waals surface area contributed by atoms with E-state index in [0.717, 1.165) is 4.47 Å². The number of benzene rings is 2. The predicted molar refractivity (Wildman–Crippen MR) is 130 cm³/mol. The first-order valence-corrected chi connectivity index (χ1v) is 11.7. The zero-order chi connectivity index (χ0) is 24.1. The molecule has 8 heteroatoms. The highest BCUT2D eigenvalue weighted by Gasteiger charge is 2.46. The highest BCUT2D eigenvalue weighted by Crippen LogP contribution is 2.42. The minimum Gasteiger partial charge on any atom is -0.507 e. The van der Waals surface area contributed by atoms with Gasteiger partial charge in [-0.2, -0.15) is 0 Å². The van der Waals surface area contributed by atoms with Gasteiger partial charge in [0.1, 0.15) is 5.76 Å². The number of halogens is 1. The number of carbonyl (C=O) groups is 2. The zero-order valence-corrected chi connectivity index (χ0v) is 20.9. The SMILES string of the molecule is CCOc1ccc([C@H]2C(=C(O)c3ccc(Br)cc3)C(=O)C(=O)N2CCN(C)C)cc1OCC. The highest BCUT2D eigenvalue weighted by atomic mass is 79.9. The maximum Gasteiger partial charge on any atom is 0.295 e. The molecular weight excluding hydrogens is 488 g/mol. The summed E-state index contributed by atoms with van der Waals surface area (Å²) in [6.45, 7) is 5.57. The number of Topliss-reactive ketones (excluding diaryl/α,β-unsaturated/α-hetero) is 1. The van der Waals surface area contributed by atoms with Crippen molar-refractivity contribution in [3.63, 3.8) is 0 Å². The molecule has 1 fully saturated rings. The van der Waals surface area contributed by atoms with Crippen LogP contribution < -0.4 is 9.47 Å². The van der Waals surface area contributed by atoms with Crippen LogP contribution in [0.3, 0.4) is 0 Å². The van der Waals surface area contributed by atoms with Crippen LogP contribution in [0.25, 0.3) is 5.76 Å². The molecule has 0 aliphatic carbocycles. The van der Waals surface area contributed by atoms with Crippen molar-refractivity contribution in [2.45, 2.75) is 19.9 Å². The quantitative estimate of drug-likeness (QED) is 0.305. The largest absolute Gasteiger partial charge is 0.507 e. The van der Waals surface area contributed by atoms with E-state index in [1.807, 2.05) is 38.9 Å². The van der Waals surface area contributed by atoms with Crippen molar-refractivity contribution in [3.05, 3.63) is 63.6 Å². The van der Waals surface area contributed by atoms with Gasteiger partial charge in [-0.25, -0.2) is 0 Å². The Balaban J connectivity index is 2.17. The third kappa shape index (κ3) is 5.39. The number of likely N-dealkylation sites (N-methyl/N-ethyl adjacent to an activating group) is 1. The van der Waals surface area contributed by atoms with Gasteiger partial charge in [-0.1, -0.05) is 34.1 Å². The van der Waals surface area contributed by atoms with E-state index in [9.17, 15) is 14.7 Å². The first-order chi connectivity index (χ1) is 15.8. The number of nitrogens with zero attached hydrogens (tertiary/aromatic N) is 2. The number of amides is 1. The van der Waals surface area contributed by atoms with E-state index in [1.54, 1.807) is 36.4 Å². The van der Waals surface area contributed by atoms with Gasteiger partial charge in [0.25, 0.3) is 11.7 Å². The summed E-state index contributed by atoms with van der Waals surface area (Å²) in [5, 5.41) is 11.1. The van der Waals surface area contributed by atoms with Gasteiger partial charge in [0.15, 0.2) is 11.5 Å². The lowest BCUT2D eigenvalue weighted by atomic mass is 9.95. The van der Waals surface area contributed by atoms with Crippen molar-refractivity contribution in [1.29, 1.82) is 0 Å². The average molecular weight is 517 g/mol. The molecule has 0 bridgehead atoms. The van der Waals surface area contributed by atoms with Crippen molar-refractivity contribution < 1.29 is 24.2 Å². The predicted octanol–water partition coefficient (Wildman–Crippen LogP) is 4.23. The molecule has 1 saturated heterocycles. The Labute approximate surface area is 202 Å². The molecule has 33 heavy (non-hydrogen) atoms. The molecule has 0 saturated carbocycles. The van der Waals surface area contributed by atoms with E-state index in [0.29, 0.717) is 48.9 Å². The highest BCUT2D eigenvalue weighted by molar-refractivity contribution is 9.10. The average Bonchev–Trinajstić information content (AvgIpc) is 3.04.